The van der Waals surface area contributed by atoms with Gasteiger partial charge in [0, 0.05) is 12.1 Å². The molecule has 0 amide bonds. The molecule has 0 heterocycles. The van der Waals surface area contributed by atoms with Crippen LogP contribution in [0.15, 0.2) is 18.2 Å². The van der Waals surface area contributed by atoms with Gasteiger partial charge in [0.15, 0.2) is 6.10 Å². The molecule has 0 aliphatic rings. The smallest absolute Gasteiger partial charge is 0.346 e. The lowest BCUT2D eigenvalue weighted by atomic mass is 10.3. The second kappa shape index (κ2) is 5.49. The number of esters is 1. The Morgan fingerprint density at radius 3 is 2.65 bits per heavy atom. The number of nitrogens with zero attached hydrogens (tertiary/aromatic N) is 1. The number of methoxy groups -OCH3 is 1. The number of nitro benzene ring substituents is 1. The summed E-state index contributed by atoms with van der Waals surface area (Å²) in [5.41, 5.74) is -0.218. The monoisotopic (exact) mass is 259 g/mol. The number of nitro groups is 1. The molecule has 1 rings (SSSR count). The van der Waals surface area contributed by atoms with Gasteiger partial charge in [-0.25, -0.2) is 4.79 Å². The molecule has 7 heteroatoms. The van der Waals surface area contributed by atoms with Crippen LogP contribution in [0.25, 0.3) is 0 Å². The molecule has 0 aromatic heterocycles. The Kier molecular flexibility index (Phi) is 4.28. The molecule has 6 nitrogen and oxygen atoms in total. The van der Waals surface area contributed by atoms with Crippen LogP contribution in [0.4, 0.5) is 5.69 Å². The van der Waals surface area contributed by atoms with Crippen LogP contribution in [0.5, 0.6) is 5.75 Å². The highest BCUT2D eigenvalue weighted by Gasteiger charge is 2.17. The molecule has 17 heavy (non-hydrogen) atoms. The molecule has 1 atom stereocenters. The Morgan fingerprint density at radius 1 is 1.53 bits per heavy atom. The number of hydrogen-bond acceptors (Lipinski definition) is 5. The van der Waals surface area contributed by atoms with Gasteiger partial charge in [-0.05, 0) is 13.0 Å². The van der Waals surface area contributed by atoms with E-state index in [0.717, 1.165) is 0 Å². The summed E-state index contributed by atoms with van der Waals surface area (Å²) in [7, 11) is 1.24. The van der Waals surface area contributed by atoms with E-state index in [-0.39, 0.29) is 16.5 Å². The summed E-state index contributed by atoms with van der Waals surface area (Å²) in [6.45, 7) is 1.50. The van der Waals surface area contributed by atoms with Gasteiger partial charge in [0.2, 0.25) is 0 Å². The van der Waals surface area contributed by atoms with Gasteiger partial charge < -0.3 is 9.47 Å². The fourth-order valence-electron chi connectivity index (χ4n) is 1.13. The number of hydrogen-bond donors (Lipinski definition) is 0. The standard InChI is InChI=1S/C10H10ClNO5/c1-6(10(13)16-2)17-7-3-4-9(12(14)15)8(11)5-7/h3-6H,1-2H3/t6-/m1/s1. The Bertz CT molecular complexity index is 448. The van der Waals surface area contributed by atoms with Crippen LogP contribution < -0.4 is 4.74 Å². The third-order valence-corrected chi connectivity index (χ3v) is 2.26. The maximum atomic E-state index is 11.1. The molecule has 0 N–H and O–H groups in total. The predicted molar refractivity (Wildman–Crippen MR) is 60.2 cm³/mol. The van der Waals surface area contributed by atoms with E-state index in [1.165, 1.54) is 32.2 Å². The minimum Gasteiger partial charge on any atom is -0.479 e. The summed E-state index contributed by atoms with van der Waals surface area (Å²) in [5.74, 6) is -0.280. The minimum absolute atomic E-state index is 0.0513. The third kappa shape index (κ3) is 3.32. The van der Waals surface area contributed by atoms with Crippen molar-refractivity contribution in [1.82, 2.24) is 0 Å². The van der Waals surface area contributed by atoms with E-state index in [2.05, 4.69) is 4.74 Å². The lowest BCUT2D eigenvalue weighted by molar-refractivity contribution is -0.384. The summed E-state index contributed by atoms with van der Waals surface area (Å²) in [4.78, 5) is 21.0. The van der Waals surface area contributed by atoms with E-state index < -0.39 is 17.0 Å². The Labute approximate surface area is 102 Å². The molecule has 1 aromatic carbocycles. The van der Waals surface area contributed by atoms with Gasteiger partial charge in [-0.1, -0.05) is 11.6 Å². The fraction of sp³-hybridized carbons (Fsp3) is 0.300. The maximum absolute atomic E-state index is 11.1. The number of benzene rings is 1. The number of ether oxygens (including phenoxy) is 2. The highest BCUT2D eigenvalue weighted by molar-refractivity contribution is 6.32. The molecule has 0 saturated heterocycles. The first-order valence-electron chi connectivity index (χ1n) is 4.64. The Hall–Kier alpha value is -1.82. The van der Waals surface area contributed by atoms with Gasteiger partial charge in [0.1, 0.15) is 10.8 Å². The quantitative estimate of drug-likeness (QED) is 0.470. The highest BCUT2D eigenvalue weighted by Crippen LogP contribution is 2.28. The van der Waals surface area contributed by atoms with Gasteiger partial charge in [-0.15, -0.1) is 0 Å². The van der Waals surface area contributed by atoms with Crippen molar-refractivity contribution < 1.29 is 19.2 Å². The normalized spacial score (nSPS) is 11.7. The molecule has 0 bridgehead atoms. The van der Waals surface area contributed by atoms with Gasteiger partial charge in [0.25, 0.3) is 5.69 Å². The van der Waals surface area contributed by atoms with Crippen LogP contribution in [0.3, 0.4) is 0 Å². The molecule has 1 aromatic rings. The molecule has 0 spiro atoms. The lowest BCUT2D eigenvalue weighted by Gasteiger charge is -2.12. The van der Waals surface area contributed by atoms with Crippen molar-refractivity contribution in [3.05, 3.63) is 33.3 Å². The topological polar surface area (TPSA) is 78.7 Å². The van der Waals surface area contributed by atoms with Crippen molar-refractivity contribution in [3.8, 4) is 5.75 Å². The van der Waals surface area contributed by atoms with E-state index in [4.69, 9.17) is 16.3 Å². The molecule has 0 unspecified atom stereocenters. The van der Waals surface area contributed by atoms with Crippen LogP contribution in [0.1, 0.15) is 6.92 Å². The summed E-state index contributed by atoms with van der Waals surface area (Å²) in [5, 5.41) is 10.5. The molecule has 92 valence electrons. The van der Waals surface area contributed by atoms with Crippen molar-refractivity contribution in [3.63, 3.8) is 0 Å². The maximum Gasteiger partial charge on any atom is 0.346 e. The molecule has 0 aliphatic heterocycles. The average Bonchev–Trinajstić information content (AvgIpc) is 2.27. The number of carbonyl (C=O) groups excluding carboxylic acids is 1. The van der Waals surface area contributed by atoms with Crippen LogP contribution in [-0.4, -0.2) is 24.1 Å². The zero-order valence-electron chi connectivity index (χ0n) is 9.18. The van der Waals surface area contributed by atoms with Gasteiger partial charge in [0.05, 0.1) is 12.0 Å². The average molecular weight is 260 g/mol. The molecule has 0 fully saturated rings. The molecular formula is C10H10ClNO5. The van der Waals surface area contributed by atoms with Crippen molar-refractivity contribution in [2.75, 3.05) is 7.11 Å². The summed E-state index contributed by atoms with van der Waals surface area (Å²) >= 11 is 5.68. The lowest BCUT2D eigenvalue weighted by Crippen LogP contribution is -2.24. The van der Waals surface area contributed by atoms with Crippen LogP contribution in [-0.2, 0) is 9.53 Å². The van der Waals surface area contributed by atoms with Crippen LogP contribution in [0.2, 0.25) is 5.02 Å². The Morgan fingerprint density at radius 2 is 2.18 bits per heavy atom. The summed E-state index contributed by atoms with van der Waals surface area (Å²) in [6.07, 6.45) is -0.808. The number of halogens is 1. The van der Waals surface area contributed by atoms with E-state index >= 15 is 0 Å². The first-order valence-corrected chi connectivity index (χ1v) is 5.02. The second-order valence-corrected chi connectivity index (χ2v) is 3.56. The first kappa shape index (κ1) is 13.2. The second-order valence-electron chi connectivity index (χ2n) is 3.15. The van der Waals surface area contributed by atoms with E-state index in [1.54, 1.807) is 0 Å². The largest absolute Gasteiger partial charge is 0.479 e. The first-order chi connectivity index (χ1) is 7.95. The zero-order chi connectivity index (χ0) is 13.0. The van der Waals surface area contributed by atoms with Crippen molar-refractivity contribution >= 4 is 23.3 Å². The molecule has 0 radical (unpaired) electrons. The van der Waals surface area contributed by atoms with Crippen molar-refractivity contribution in [2.24, 2.45) is 0 Å². The van der Waals surface area contributed by atoms with Crippen molar-refractivity contribution in [2.45, 2.75) is 13.0 Å². The van der Waals surface area contributed by atoms with Gasteiger partial charge in [-0.2, -0.15) is 0 Å². The summed E-state index contributed by atoms with van der Waals surface area (Å²) in [6, 6.07) is 3.85. The van der Waals surface area contributed by atoms with E-state index in [0.29, 0.717) is 0 Å². The van der Waals surface area contributed by atoms with Crippen LogP contribution >= 0.6 is 11.6 Å². The third-order valence-electron chi connectivity index (χ3n) is 1.96. The van der Waals surface area contributed by atoms with E-state index in [9.17, 15) is 14.9 Å². The summed E-state index contributed by atoms with van der Waals surface area (Å²) < 4.78 is 9.67. The predicted octanol–water partition coefficient (Wildman–Crippen LogP) is 2.19. The van der Waals surface area contributed by atoms with Crippen LogP contribution in [0, 0.1) is 10.1 Å². The van der Waals surface area contributed by atoms with Gasteiger partial charge in [-0.3, -0.25) is 10.1 Å². The Balaban J connectivity index is 2.84. The minimum atomic E-state index is -0.808. The molecular weight excluding hydrogens is 250 g/mol. The zero-order valence-corrected chi connectivity index (χ0v) is 9.93. The number of carbonyl (C=O) groups is 1. The SMILES string of the molecule is COC(=O)[C@@H](C)Oc1ccc([N+](=O)[O-])c(Cl)c1. The number of rotatable bonds is 4. The molecule has 0 aliphatic carbocycles. The van der Waals surface area contributed by atoms with Crippen molar-refractivity contribution in [1.29, 1.82) is 0 Å². The fourth-order valence-corrected chi connectivity index (χ4v) is 1.37. The molecule has 0 saturated carbocycles. The highest BCUT2D eigenvalue weighted by atomic mass is 35.5. The van der Waals surface area contributed by atoms with Gasteiger partial charge >= 0.3 is 5.97 Å². The van der Waals surface area contributed by atoms with E-state index in [1.807, 2.05) is 0 Å².